The maximum absolute atomic E-state index is 12.5. The van der Waals surface area contributed by atoms with Crippen LogP contribution in [0.15, 0.2) is 24.4 Å². The van der Waals surface area contributed by atoms with Crippen LogP contribution < -0.4 is 5.32 Å². The van der Waals surface area contributed by atoms with E-state index in [1.165, 1.54) is 0 Å². The van der Waals surface area contributed by atoms with Gasteiger partial charge in [0, 0.05) is 17.1 Å². The Morgan fingerprint density at radius 1 is 1.30 bits per heavy atom. The Kier molecular flexibility index (Phi) is 3.27. The minimum Gasteiger partial charge on any atom is -0.325 e. The summed E-state index contributed by atoms with van der Waals surface area (Å²) in [4.78, 5) is 21.6. The fourth-order valence-electron chi connectivity index (χ4n) is 2.96. The van der Waals surface area contributed by atoms with Gasteiger partial charge in [0.2, 0.25) is 5.91 Å². The molecule has 0 fully saturated rings. The second-order valence-electron chi connectivity index (χ2n) is 5.56. The Bertz CT molecular complexity index is 920. The highest BCUT2D eigenvalue weighted by Gasteiger charge is 2.35. The van der Waals surface area contributed by atoms with Crippen molar-refractivity contribution in [3.8, 4) is 0 Å². The van der Waals surface area contributed by atoms with E-state index in [9.17, 15) is 4.79 Å². The van der Waals surface area contributed by atoms with E-state index in [1.807, 2.05) is 12.1 Å². The van der Waals surface area contributed by atoms with Crippen molar-refractivity contribution in [3.63, 3.8) is 0 Å². The first-order valence-corrected chi connectivity index (χ1v) is 7.85. The molecule has 6 nitrogen and oxygen atoms in total. The van der Waals surface area contributed by atoms with Gasteiger partial charge < -0.3 is 5.32 Å². The molecule has 7 heteroatoms. The topological polar surface area (TPSA) is 83.6 Å². The fraction of sp³-hybridized carbons (Fsp3) is 0.250. The number of halogens is 1. The van der Waals surface area contributed by atoms with E-state index in [0.29, 0.717) is 22.2 Å². The van der Waals surface area contributed by atoms with Crippen molar-refractivity contribution in [1.29, 1.82) is 0 Å². The first kappa shape index (κ1) is 14.1. The SMILES string of the molecule is CCCc1nc(C2C(=O)Nc3ccc(Cl)cc32)c2cn[nH]c2n1. The lowest BCUT2D eigenvalue weighted by atomic mass is 9.95. The quantitative estimate of drug-likeness (QED) is 0.774. The molecule has 4 rings (SSSR count). The molecule has 1 aliphatic heterocycles. The van der Waals surface area contributed by atoms with Gasteiger partial charge in [0.15, 0.2) is 5.65 Å². The third kappa shape index (κ3) is 2.26. The first-order valence-electron chi connectivity index (χ1n) is 7.47. The third-order valence-electron chi connectivity index (χ3n) is 3.98. The molecule has 1 atom stereocenters. The minimum atomic E-state index is -0.498. The highest BCUT2D eigenvalue weighted by Crippen LogP contribution is 2.39. The summed E-state index contributed by atoms with van der Waals surface area (Å²) in [6.45, 7) is 2.07. The summed E-state index contributed by atoms with van der Waals surface area (Å²) in [5.41, 5.74) is 2.94. The number of amides is 1. The van der Waals surface area contributed by atoms with Crippen LogP contribution in [0.25, 0.3) is 11.0 Å². The fourth-order valence-corrected chi connectivity index (χ4v) is 3.15. The van der Waals surface area contributed by atoms with Crippen LogP contribution in [0.2, 0.25) is 5.02 Å². The van der Waals surface area contributed by atoms with E-state index in [0.717, 1.165) is 29.5 Å². The molecule has 2 N–H and O–H groups in total. The molecule has 3 aromatic rings. The molecule has 1 amide bonds. The van der Waals surface area contributed by atoms with E-state index in [-0.39, 0.29) is 5.91 Å². The molecule has 116 valence electrons. The van der Waals surface area contributed by atoms with Gasteiger partial charge in [0.1, 0.15) is 11.7 Å². The number of aryl methyl sites for hydroxylation is 1. The zero-order valence-electron chi connectivity index (χ0n) is 12.4. The van der Waals surface area contributed by atoms with Crippen LogP contribution in [0.4, 0.5) is 5.69 Å². The average molecular weight is 328 g/mol. The van der Waals surface area contributed by atoms with Crippen molar-refractivity contribution in [2.45, 2.75) is 25.7 Å². The average Bonchev–Trinajstić information content (AvgIpc) is 3.10. The van der Waals surface area contributed by atoms with Crippen LogP contribution in [0.3, 0.4) is 0 Å². The number of aromatic amines is 1. The summed E-state index contributed by atoms with van der Waals surface area (Å²) in [7, 11) is 0. The summed E-state index contributed by atoms with van der Waals surface area (Å²) >= 11 is 6.11. The van der Waals surface area contributed by atoms with Gasteiger partial charge in [-0.15, -0.1) is 0 Å². The molecule has 0 saturated carbocycles. The molecule has 0 bridgehead atoms. The number of aromatic nitrogens is 4. The number of nitrogens with zero attached hydrogens (tertiary/aromatic N) is 3. The Labute approximate surface area is 137 Å². The predicted molar refractivity (Wildman–Crippen MR) is 87.6 cm³/mol. The number of rotatable bonds is 3. The van der Waals surface area contributed by atoms with E-state index < -0.39 is 5.92 Å². The molecule has 0 aliphatic carbocycles. The van der Waals surface area contributed by atoms with Crippen LogP contribution in [-0.4, -0.2) is 26.1 Å². The summed E-state index contributed by atoms with van der Waals surface area (Å²) in [6, 6.07) is 5.39. The molecular formula is C16H14ClN5O. The highest BCUT2D eigenvalue weighted by atomic mass is 35.5. The van der Waals surface area contributed by atoms with E-state index in [2.05, 4.69) is 32.4 Å². The molecule has 3 heterocycles. The first-order chi connectivity index (χ1) is 11.2. The number of hydrogen-bond donors (Lipinski definition) is 2. The molecule has 1 aliphatic rings. The standard InChI is InChI=1S/C16H14ClN5O/c1-2-3-12-20-14(10-7-18-22-15(10)21-12)13-9-6-8(17)4-5-11(9)19-16(13)23/h4-7,13H,2-3H2,1H3,(H,19,23)(H,18,20,21,22). The zero-order valence-corrected chi connectivity index (χ0v) is 13.2. The normalized spacial score (nSPS) is 16.6. The number of hydrogen-bond acceptors (Lipinski definition) is 4. The van der Waals surface area contributed by atoms with Crippen LogP contribution in [-0.2, 0) is 11.2 Å². The van der Waals surface area contributed by atoms with Gasteiger partial charge in [-0.1, -0.05) is 18.5 Å². The Hall–Kier alpha value is -2.47. The Morgan fingerprint density at radius 3 is 3.00 bits per heavy atom. The number of H-pyrrole nitrogens is 1. The minimum absolute atomic E-state index is 0.106. The maximum atomic E-state index is 12.5. The predicted octanol–water partition coefficient (Wildman–Crippen LogP) is 3.04. The van der Waals surface area contributed by atoms with E-state index in [1.54, 1.807) is 12.3 Å². The van der Waals surface area contributed by atoms with Crippen molar-refractivity contribution >= 4 is 34.2 Å². The lowest BCUT2D eigenvalue weighted by molar-refractivity contribution is -0.116. The molecule has 0 saturated heterocycles. The van der Waals surface area contributed by atoms with Gasteiger partial charge in [-0.3, -0.25) is 9.89 Å². The van der Waals surface area contributed by atoms with E-state index in [4.69, 9.17) is 11.6 Å². The number of fused-ring (bicyclic) bond motifs is 2. The van der Waals surface area contributed by atoms with Gasteiger partial charge >= 0.3 is 0 Å². The molecule has 23 heavy (non-hydrogen) atoms. The van der Waals surface area contributed by atoms with Crippen LogP contribution in [0, 0.1) is 0 Å². The van der Waals surface area contributed by atoms with Crippen molar-refractivity contribution in [1.82, 2.24) is 20.2 Å². The molecular weight excluding hydrogens is 314 g/mol. The van der Waals surface area contributed by atoms with Gasteiger partial charge in [0.25, 0.3) is 0 Å². The third-order valence-corrected chi connectivity index (χ3v) is 4.21. The summed E-state index contributed by atoms with van der Waals surface area (Å²) in [6.07, 6.45) is 3.34. The van der Waals surface area contributed by atoms with Crippen LogP contribution in [0.1, 0.15) is 36.3 Å². The molecule has 1 unspecified atom stereocenters. The van der Waals surface area contributed by atoms with Crippen LogP contribution >= 0.6 is 11.6 Å². The molecule has 0 spiro atoms. The van der Waals surface area contributed by atoms with Crippen molar-refractivity contribution in [2.24, 2.45) is 0 Å². The number of carbonyl (C=O) groups excluding carboxylic acids is 1. The number of nitrogens with one attached hydrogen (secondary N) is 2. The smallest absolute Gasteiger partial charge is 0.238 e. The second kappa shape index (κ2) is 5.31. The number of carbonyl (C=O) groups is 1. The van der Waals surface area contributed by atoms with Gasteiger partial charge in [0.05, 0.1) is 17.3 Å². The van der Waals surface area contributed by atoms with Crippen molar-refractivity contribution in [2.75, 3.05) is 5.32 Å². The second-order valence-corrected chi connectivity index (χ2v) is 6.00. The summed E-state index contributed by atoms with van der Waals surface area (Å²) in [5, 5.41) is 11.2. The monoisotopic (exact) mass is 327 g/mol. The van der Waals surface area contributed by atoms with Gasteiger partial charge in [-0.05, 0) is 30.2 Å². The zero-order chi connectivity index (χ0) is 16.0. The van der Waals surface area contributed by atoms with Crippen molar-refractivity contribution in [3.05, 3.63) is 46.5 Å². The maximum Gasteiger partial charge on any atom is 0.238 e. The lowest BCUT2D eigenvalue weighted by Gasteiger charge is -2.11. The summed E-state index contributed by atoms with van der Waals surface area (Å²) in [5.74, 6) is 0.107. The largest absolute Gasteiger partial charge is 0.325 e. The van der Waals surface area contributed by atoms with Gasteiger partial charge in [-0.2, -0.15) is 5.10 Å². The van der Waals surface area contributed by atoms with Gasteiger partial charge in [-0.25, -0.2) is 9.97 Å². The lowest BCUT2D eigenvalue weighted by Crippen LogP contribution is -2.16. The Balaban J connectivity index is 1.94. The van der Waals surface area contributed by atoms with E-state index >= 15 is 0 Å². The Morgan fingerprint density at radius 2 is 2.17 bits per heavy atom. The number of benzene rings is 1. The number of anilines is 1. The summed E-state index contributed by atoms with van der Waals surface area (Å²) < 4.78 is 0. The molecule has 1 aromatic carbocycles. The van der Waals surface area contributed by atoms with Crippen LogP contribution in [0.5, 0.6) is 0 Å². The highest BCUT2D eigenvalue weighted by molar-refractivity contribution is 6.31. The molecule has 2 aromatic heterocycles. The molecule has 0 radical (unpaired) electrons. The van der Waals surface area contributed by atoms with Crippen molar-refractivity contribution < 1.29 is 4.79 Å².